The molecule has 0 bridgehead atoms. The molecule has 0 saturated heterocycles. The molecule has 0 atom stereocenters. The number of fused-ring (bicyclic) bond motifs is 1. The number of benzene rings is 2. The maximum atomic E-state index is 14.2. The van der Waals surface area contributed by atoms with Crippen molar-refractivity contribution in [1.29, 1.82) is 0 Å². The van der Waals surface area contributed by atoms with Gasteiger partial charge in [-0.25, -0.2) is 12.8 Å². The third-order valence-corrected chi connectivity index (χ3v) is 7.21. The summed E-state index contributed by atoms with van der Waals surface area (Å²) in [4.78, 5) is 11.1. The monoisotopic (exact) mass is 454 g/mol. The average Bonchev–Trinajstić information content (AvgIpc) is 2.65. The number of rotatable bonds is 5. The SMILES string of the molecule is CC(=O)NCCc1ccc(S(=O)(=O)N2CCc3c(Br)ccc(F)c3C2)cc1. The number of halogens is 2. The van der Waals surface area contributed by atoms with Crippen LogP contribution in [0.2, 0.25) is 0 Å². The van der Waals surface area contributed by atoms with Gasteiger partial charge in [0.15, 0.2) is 0 Å². The van der Waals surface area contributed by atoms with Crippen LogP contribution in [0.4, 0.5) is 4.39 Å². The quantitative estimate of drug-likeness (QED) is 0.754. The Bertz CT molecular complexity index is 962. The molecule has 8 heteroatoms. The first kappa shape index (κ1) is 20.0. The van der Waals surface area contributed by atoms with Gasteiger partial charge in [0.25, 0.3) is 0 Å². The molecule has 1 aliphatic rings. The van der Waals surface area contributed by atoms with Crippen LogP contribution in [-0.2, 0) is 34.2 Å². The van der Waals surface area contributed by atoms with E-state index in [1.807, 2.05) is 0 Å². The topological polar surface area (TPSA) is 66.5 Å². The number of nitrogens with one attached hydrogen (secondary N) is 1. The van der Waals surface area contributed by atoms with E-state index in [9.17, 15) is 17.6 Å². The van der Waals surface area contributed by atoms with Crippen molar-refractivity contribution in [3.05, 3.63) is 63.4 Å². The van der Waals surface area contributed by atoms with Crippen molar-refractivity contribution in [3.8, 4) is 0 Å². The maximum absolute atomic E-state index is 14.2. The zero-order valence-corrected chi connectivity index (χ0v) is 17.2. The molecule has 3 rings (SSSR count). The zero-order valence-electron chi connectivity index (χ0n) is 14.8. The summed E-state index contributed by atoms with van der Waals surface area (Å²) in [5.74, 6) is -0.486. The first-order valence-electron chi connectivity index (χ1n) is 8.58. The van der Waals surface area contributed by atoms with E-state index < -0.39 is 10.0 Å². The van der Waals surface area contributed by atoms with E-state index >= 15 is 0 Å². The molecule has 1 amide bonds. The summed E-state index contributed by atoms with van der Waals surface area (Å²) in [5.41, 5.74) is 2.18. The molecule has 1 heterocycles. The summed E-state index contributed by atoms with van der Waals surface area (Å²) in [5, 5.41) is 2.71. The summed E-state index contributed by atoms with van der Waals surface area (Å²) in [6.07, 6.45) is 1.08. The van der Waals surface area contributed by atoms with E-state index in [0.29, 0.717) is 31.5 Å². The fourth-order valence-electron chi connectivity index (χ4n) is 3.13. The smallest absolute Gasteiger partial charge is 0.243 e. The van der Waals surface area contributed by atoms with Crippen LogP contribution < -0.4 is 5.32 Å². The summed E-state index contributed by atoms with van der Waals surface area (Å²) >= 11 is 3.41. The molecule has 2 aromatic rings. The van der Waals surface area contributed by atoms with Crippen LogP contribution in [0.25, 0.3) is 0 Å². The summed E-state index contributed by atoms with van der Waals surface area (Å²) in [6, 6.07) is 9.60. The number of amides is 1. The molecule has 1 N–H and O–H groups in total. The van der Waals surface area contributed by atoms with Crippen molar-refractivity contribution in [3.63, 3.8) is 0 Å². The number of hydrogen-bond donors (Lipinski definition) is 1. The number of sulfonamides is 1. The van der Waals surface area contributed by atoms with E-state index in [2.05, 4.69) is 21.2 Å². The summed E-state index contributed by atoms with van der Waals surface area (Å²) < 4.78 is 42.2. The van der Waals surface area contributed by atoms with Crippen LogP contribution in [-0.4, -0.2) is 31.7 Å². The Balaban J connectivity index is 1.77. The van der Waals surface area contributed by atoms with Crippen molar-refractivity contribution in [2.75, 3.05) is 13.1 Å². The fraction of sp³-hybridized carbons (Fsp3) is 0.316. The molecular formula is C19H20BrFN2O3S. The van der Waals surface area contributed by atoms with Crippen LogP contribution >= 0.6 is 15.9 Å². The van der Waals surface area contributed by atoms with E-state index in [-0.39, 0.29) is 23.2 Å². The van der Waals surface area contributed by atoms with Gasteiger partial charge in [-0.2, -0.15) is 4.31 Å². The van der Waals surface area contributed by atoms with Crippen molar-refractivity contribution in [1.82, 2.24) is 9.62 Å². The van der Waals surface area contributed by atoms with Gasteiger partial charge in [-0.05, 0) is 48.2 Å². The van der Waals surface area contributed by atoms with Gasteiger partial charge < -0.3 is 5.32 Å². The highest BCUT2D eigenvalue weighted by Crippen LogP contribution is 2.31. The standard InChI is InChI=1S/C19H20BrFN2O3S/c1-13(24)22-10-8-14-2-4-15(5-3-14)27(25,26)23-11-9-16-17(12-23)19(21)7-6-18(16)20/h2-7H,8-12H2,1H3,(H,22,24). The van der Waals surface area contributed by atoms with E-state index in [0.717, 1.165) is 15.6 Å². The molecule has 5 nitrogen and oxygen atoms in total. The van der Waals surface area contributed by atoms with Gasteiger partial charge in [0.05, 0.1) is 4.90 Å². The highest BCUT2D eigenvalue weighted by Gasteiger charge is 2.30. The lowest BCUT2D eigenvalue weighted by Gasteiger charge is -2.29. The van der Waals surface area contributed by atoms with Gasteiger partial charge in [-0.1, -0.05) is 28.1 Å². The minimum atomic E-state index is -3.70. The van der Waals surface area contributed by atoms with Crippen molar-refractivity contribution in [2.24, 2.45) is 0 Å². The molecule has 0 fully saturated rings. The van der Waals surface area contributed by atoms with E-state index in [1.54, 1.807) is 30.3 Å². The average molecular weight is 455 g/mol. The molecule has 0 radical (unpaired) electrons. The second-order valence-electron chi connectivity index (χ2n) is 6.45. The molecule has 27 heavy (non-hydrogen) atoms. The molecule has 0 aliphatic carbocycles. The predicted octanol–water partition coefficient (Wildman–Crippen LogP) is 3.01. The second kappa shape index (κ2) is 8.08. The highest BCUT2D eigenvalue weighted by molar-refractivity contribution is 9.10. The Labute approximate surface area is 166 Å². The molecular weight excluding hydrogens is 435 g/mol. The Morgan fingerprint density at radius 2 is 1.89 bits per heavy atom. The van der Waals surface area contributed by atoms with Crippen molar-refractivity contribution in [2.45, 2.75) is 31.2 Å². The normalized spacial score (nSPS) is 14.6. The van der Waals surface area contributed by atoms with E-state index in [1.165, 1.54) is 17.3 Å². The van der Waals surface area contributed by atoms with Gasteiger partial charge in [0, 0.05) is 36.6 Å². The Kier molecular flexibility index (Phi) is 5.98. The fourth-order valence-corrected chi connectivity index (χ4v) is 5.11. The third-order valence-electron chi connectivity index (χ3n) is 4.61. The van der Waals surface area contributed by atoms with Gasteiger partial charge in [-0.3, -0.25) is 4.79 Å². The van der Waals surface area contributed by atoms with Gasteiger partial charge in [-0.15, -0.1) is 0 Å². The number of hydrogen-bond acceptors (Lipinski definition) is 3. The molecule has 0 saturated carbocycles. The third kappa shape index (κ3) is 4.39. The lowest BCUT2D eigenvalue weighted by Crippen LogP contribution is -2.36. The number of carbonyl (C=O) groups excluding carboxylic acids is 1. The van der Waals surface area contributed by atoms with Gasteiger partial charge >= 0.3 is 0 Å². The molecule has 144 valence electrons. The lowest BCUT2D eigenvalue weighted by molar-refractivity contribution is -0.118. The summed E-state index contributed by atoms with van der Waals surface area (Å²) in [7, 11) is -3.70. The lowest BCUT2D eigenvalue weighted by atomic mass is 10.0. The maximum Gasteiger partial charge on any atom is 0.243 e. The largest absolute Gasteiger partial charge is 0.356 e. The summed E-state index contributed by atoms with van der Waals surface area (Å²) in [6.45, 7) is 2.28. The zero-order chi connectivity index (χ0) is 19.6. The van der Waals surface area contributed by atoms with Gasteiger partial charge in [0.2, 0.25) is 15.9 Å². The first-order chi connectivity index (χ1) is 12.8. The van der Waals surface area contributed by atoms with Crippen LogP contribution in [0.15, 0.2) is 45.8 Å². The van der Waals surface area contributed by atoms with Crippen LogP contribution in [0.1, 0.15) is 23.6 Å². The van der Waals surface area contributed by atoms with Gasteiger partial charge in [0.1, 0.15) is 5.82 Å². The molecule has 0 spiro atoms. The minimum absolute atomic E-state index is 0.0211. The number of carbonyl (C=O) groups is 1. The molecule has 0 unspecified atom stereocenters. The Morgan fingerprint density at radius 3 is 2.56 bits per heavy atom. The van der Waals surface area contributed by atoms with E-state index in [4.69, 9.17) is 0 Å². The second-order valence-corrected chi connectivity index (χ2v) is 9.24. The van der Waals surface area contributed by atoms with Crippen molar-refractivity contribution < 1.29 is 17.6 Å². The van der Waals surface area contributed by atoms with Crippen LogP contribution in [0.3, 0.4) is 0 Å². The highest BCUT2D eigenvalue weighted by atomic mass is 79.9. The Morgan fingerprint density at radius 1 is 1.19 bits per heavy atom. The van der Waals surface area contributed by atoms with Crippen LogP contribution in [0.5, 0.6) is 0 Å². The molecule has 1 aliphatic heterocycles. The van der Waals surface area contributed by atoms with Crippen LogP contribution in [0, 0.1) is 5.82 Å². The predicted molar refractivity (Wildman–Crippen MR) is 104 cm³/mol. The first-order valence-corrected chi connectivity index (χ1v) is 10.8. The number of nitrogens with zero attached hydrogens (tertiary/aromatic N) is 1. The molecule has 2 aromatic carbocycles. The Hall–Kier alpha value is -1.77. The minimum Gasteiger partial charge on any atom is -0.356 e. The molecule has 0 aromatic heterocycles. The van der Waals surface area contributed by atoms with Crippen molar-refractivity contribution >= 4 is 31.9 Å².